The Morgan fingerprint density at radius 1 is 0.741 bits per heavy atom. The first kappa shape index (κ1) is 53.6. The van der Waals surface area contributed by atoms with Crippen LogP contribution in [0.4, 0.5) is 0 Å². The van der Waals surface area contributed by atoms with Crippen molar-refractivity contribution in [3.05, 3.63) is 113 Å². The van der Waals surface area contributed by atoms with Gasteiger partial charge >= 0.3 is 0 Å². The highest BCUT2D eigenvalue weighted by molar-refractivity contribution is 9.11. The number of nitriles is 1. The summed E-state index contributed by atoms with van der Waals surface area (Å²) in [5.41, 5.74) is 3.07. The standard InChI is InChI=1S/C13H9BrN2O.C10H9BrO2.C8H12O2.C4H2Br2O.B6.B5/c1-16-11(8-15)9-3-2-4-10(7-9)12-5-6-13(14)17-12;11-10-5-4-9(13-10)7-2-1-3-8(12)6-7;1-2-10-8-5-3-4-7(9)6-8;5-3-1-2-4(6)7-3;1-5(2)6(3)4;1-4-5(2)3/h5-7H,2-4H2;4-6H,1-3H2;6H,2-5H2,1H3;1-2H;;/b11-9-;;;;;. The summed E-state index contributed by atoms with van der Waals surface area (Å²) in [5, 5.41) is 8.86. The fourth-order valence-electron chi connectivity index (χ4n) is 4.69. The molecule has 0 N–H and O–H groups in total. The molecule has 58 heavy (non-hydrogen) atoms. The highest BCUT2D eigenvalue weighted by Crippen LogP contribution is 2.33. The maximum Gasteiger partial charge on any atom is 0.265 e. The van der Waals surface area contributed by atoms with Gasteiger partial charge in [0.05, 0.1) is 25.0 Å². The number of hydrogen-bond donors (Lipinski definition) is 0. The first-order valence-corrected chi connectivity index (χ1v) is 21.0. The van der Waals surface area contributed by atoms with Gasteiger partial charge in [0.15, 0.2) is 30.2 Å². The highest BCUT2D eigenvalue weighted by atomic mass is 79.9. The van der Waals surface area contributed by atoms with E-state index >= 15 is 0 Å². The number of allylic oxidation sites excluding steroid dienone is 8. The van der Waals surface area contributed by atoms with E-state index in [2.05, 4.69) is 68.6 Å². The maximum atomic E-state index is 11.1. The van der Waals surface area contributed by atoms with Crippen LogP contribution in [-0.2, 0) is 14.3 Å². The second-order valence-electron chi connectivity index (χ2n) is 12.1. The Morgan fingerprint density at radius 3 is 1.52 bits per heavy atom. The summed E-state index contributed by atoms with van der Waals surface area (Å²) < 4.78 is 23.9. The van der Waals surface area contributed by atoms with Crippen LogP contribution in [-0.4, -0.2) is 98.5 Å². The Bertz CT molecular complexity index is 1910. The third kappa shape index (κ3) is 23.4. The molecule has 3 aromatic heterocycles. The summed E-state index contributed by atoms with van der Waals surface area (Å²) in [7, 11) is 35.6. The van der Waals surface area contributed by atoms with Crippen LogP contribution in [0.2, 0.25) is 0 Å². The summed E-state index contributed by atoms with van der Waals surface area (Å²) in [6.07, 6.45) is 11.3. The van der Waals surface area contributed by atoms with Crippen molar-refractivity contribution in [3.63, 3.8) is 0 Å². The number of carbonyl (C=O) groups excluding carboxylic acids is 2. The minimum atomic E-state index is -0.593. The van der Waals surface area contributed by atoms with Gasteiger partial charge in [0.25, 0.3) is 5.70 Å². The third-order valence-electron chi connectivity index (χ3n) is 7.45. The van der Waals surface area contributed by atoms with Crippen molar-refractivity contribution >= 4 is 167 Å². The van der Waals surface area contributed by atoms with E-state index in [0.29, 0.717) is 28.8 Å². The average Bonchev–Trinajstić information content (AvgIpc) is 3.94. The quantitative estimate of drug-likeness (QED) is 0.141. The smallest absolute Gasteiger partial charge is 0.265 e. The molecule has 279 valence electrons. The maximum absolute atomic E-state index is 11.1. The van der Waals surface area contributed by atoms with Crippen LogP contribution in [0.3, 0.4) is 0 Å². The SMILES string of the molecule is Brc1ccc(Br)o1.CCOC1=CC(=O)CCC1.O=C1C=C(c2ccc(Br)o2)CCC1.[B]B([B])B([B])[B].[B][B]B([B])[B].[C-]#[N+]/C(C#N)=C1\C=C(c2ccc(Br)o2)CCC1. The molecule has 3 heterocycles. The minimum absolute atomic E-state index is 0.188. The Morgan fingerprint density at radius 2 is 1.17 bits per heavy atom. The molecule has 0 fully saturated rings. The lowest BCUT2D eigenvalue weighted by atomic mass is 8.81. The minimum Gasteiger partial charge on any atom is -0.498 e. The van der Waals surface area contributed by atoms with Crippen molar-refractivity contribution in [3.8, 4) is 6.07 Å². The van der Waals surface area contributed by atoms with Gasteiger partial charge in [-0.2, -0.15) is 0 Å². The molecule has 3 aromatic rings. The van der Waals surface area contributed by atoms with Crippen LogP contribution >= 0.6 is 63.7 Å². The van der Waals surface area contributed by atoms with Crippen molar-refractivity contribution < 1.29 is 27.6 Å². The zero-order chi connectivity index (χ0) is 43.6. The molecule has 0 saturated carbocycles. The molecule has 15 radical (unpaired) electrons. The predicted octanol–water partition coefficient (Wildman–Crippen LogP) is 7.76. The number of carbonyl (C=O) groups is 2. The number of halogens is 4. The van der Waals surface area contributed by atoms with E-state index in [9.17, 15) is 9.59 Å². The molecule has 3 aliphatic carbocycles. The monoisotopic (exact) mass is 1010 g/mol. The highest BCUT2D eigenvalue weighted by Gasteiger charge is 2.16. The molecule has 23 heteroatoms. The lowest BCUT2D eigenvalue weighted by Gasteiger charge is -2.13. The molecule has 6 rings (SSSR count). The molecule has 0 unspecified atom stereocenters. The fourth-order valence-corrected chi connectivity index (χ4v) is 6.13. The Hall–Kier alpha value is -2.45. The molecule has 3 aliphatic rings. The molecule has 0 aromatic carbocycles. The lowest BCUT2D eigenvalue weighted by Crippen LogP contribution is -2.38. The van der Waals surface area contributed by atoms with E-state index in [0.717, 1.165) is 88.3 Å². The van der Waals surface area contributed by atoms with Crippen LogP contribution in [0.5, 0.6) is 0 Å². The van der Waals surface area contributed by atoms with E-state index in [-0.39, 0.29) is 17.3 Å². The van der Waals surface area contributed by atoms with Crippen molar-refractivity contribution in [1.29, 1.82) is 5.26 Å². The van der Waals surface area contributed by atoms with Crippen molar-refractivity contribution in [2.75, 3.05) is 6.61 Å². The van der Waals surface area contributed by atoms with Gasteiger partial charge in [-0.05, 0) is 168 Å². The number of hydrogen-bond acceptors (Lipinski definition) is 7. The Kier molecular flexibility index (Phi) is 28.2. The van der Waals surface area contributed by atoms with E-state index < -0.39 is 19.2 Å². The summed E-state index contributed by atoms with van der Waals surface area (Å²) in [6, 6.07) is 13.0. The molecule has 0 bridgehead atoms. The van der Waals surface area contributed by atoms with E-state index in [1.807, 2.05) is 55.5 Å². The molecule has 0 spiro atoms. The van der Waals surface area contributed by atoms with Gasteiger partial charge in [0.2, 0.25) is 0 Å². The molecule has 0 atom stereocenters. The number of ketones is 2. The Balaban J connectivity index is 0.000000368. The van der Waals surface area contributed by atoms with E-state index in [1.54, 1.807) is 12.2 Å². The third-order valence-corrected chi connectivity index (χ3v) is 9.16. The largest absolute Gasteiger partial charge is 0.498 e. The topological polar surface area (TPSA) is 111 Å². The first-order chi connectivity index (χ1) is 27.5. The molecular weight excluding hydrogens is 983 g/mol. The van der Waals surface area contributed by atoms with E-state index in [1.165, 1.54) is 7.06 Å². The van der Waals surface area contributed by atoms with Crippen LogP contribution in [0.1, 0.15) is 76.2 Å². The van der Waals surface area contributed by atoms with Gasteiger partial charge in [0.1, 0.15) is 11.5 Å². The number of rotatable bonds is 6. The summed E-state index contributed by atoms with van der Waals surface area (Å²) in [4.78, 5) is 25.2. The van der Waals surface area contributed by atoms with Crippen molar-refractivity contribution in [1.82, 2.24) is 0 Å². The molecule has 0 saturated heterocycles. The first-order valence-electron chi connectivity index (χ1n) is 17.8. The number of ether oxygens (including phenoxy) is 1. The normalized spacial score (nSPS) is 14.8. The average molecular weight is 1020 g/mol. The zero-order valence-electron chi connectivity index (χ0n) is 32.0. The van der Waals surface area contributed by atoms with Gasteiger partial charge in [-0.1, -0.05) is 6.08 Å². The number of nitrogens with zero attached hydrogens (tertiary/aromatic N) is 2. The summed E-state index contributed by atoms with van der Waals surface area (Å²) >= 11 is 12.8. The van der Waals surface area contributed by atoms with Crippen LogP contribution < -0.4 is 0 Å². The second kappa shape index (κ2) is 30.6. The molecule has 0 amide bonds. The van der Waals surface area contributed by atoms with Crippen LogP contribution in [0.25, 0.3) is 16.0 Å². The molecule has 0 aliphatic heterocycles. The summed E-state index contributed by atoms with van der Waals surface area (Å²) in [5.74, 6) is 2.87. The van der Waals surface area contributed by atoms with Crippen LogP contribution in [0.15, 0.2) is 104 Å². The van der Waals surface area contributed by atoms with Gasteiger partial charge < -0.3 is 18.0 Å². The summed E-state index contributed by atoms with van der Waals surface area (Å²) in [6.45, 7) is 9.55. The van der Waals surface area contributed by atoms with Crippen molar-refractivity contribution in [2.45, 2.75) is 64.7 Å². The number of furan rings is 3. The van der Waals surface area contributed by atoms with Crippen molar-refractivity contribution in [2.24, 2.45) is 0 Å². The predicted molar refractivity (Wildman–Crippen MR) is 257 cm³/mol. The van der Waals surface area contributed by atoms with E-state index in [4.69, 9.17) is 84.0 Å². The fraction of sp³-hybridized carbons (Fsp3) is 0.314. The van der Waals surface area contributed by atoms with Gasteiger partial charge in [-0.25, -0.2) is 10.1 Å². The molecule has 8 nitrogen and oxygen atoms in total. The van der Waals surface area contributed by atoms with Gasteiger partial charge in [0, 0.05) is 106 Å². The van der Waals surface area contributed by atoms with Gasteiger partial charge in [-0.3, -0.25) is 9.59 Å². The lowest BCUT2D eigenvalue weighted by molar-refractivity contribution is -0.116. The molecular formula is C35H32B11Br4N2O6. The Labute approximate surface area is 387 Å². The second-order valence-corrected chi connectivity index (χ2v) is 15.3. The zero-order valence-corrected chi connectivity index (χ0v) is 38.3. The van der Waals surface area contributed by atoms with Crippen LogP contribution in [0, 0.1) is 17.9 Å². The van der Waals surface area contributed by atoms with Gasteiger partial charge in [-0.15, -0.1) is 0 Å².